The van der Waals surface area contributed by atoms with Gasteiger partial charge in [0.15, 0.2) is 11.5 Å². The lowest BCUT2D eigenvalue weighted by Gasteiger charge is -2.14. The van der Waals surface area contributed by atoms with Gasteiger partial charge < -0.3 is 15.3 Å². The van der Waals surface area contributed by atoms with Crippen LogP contribution in [0.1, 0.15) is 24.0 Å². The molecule has 1 unspecified atom stereocenters. The Hall–Kier alpha value is -1.23. The zero-order chi connectivity index (χ0) is 11.7. The number of halogens is 1. The molecule has 0 fully saturated rings. The Labute approximate surface area is 95.3 Å². The third-order valence-corrected chi connectivity index (χ3v) is 3.07. The van der Waals surface area contributed by atoms with E-state index in [9.17, 15) is 15.0 Å². The summed E-state index contributed by atoms with van der Waals surface area (Å²) in [5.41, 5.74) is 1.09. The van der Waals surface area contributed by atoms with Crippen molar-refractivity contribution >= 4 is 21.9 Å². The molecular formula is C10H11BrO4. The summed E-state index contributed by atoms with van der Waals surface area (Å²) in [5.74, 6) is -2.32. The van der Waals surface area contributed by atoms with E-state index < -0.39 is 11.9 Å². The molecular weight excluding hydrogens is 264 g/mol. The number of aromatic hydroxyl groups is 2. The molecule has 4 nitrogen and oxygen atoms in total. The highest BCUT2D eigenvalue weighted by Crippen LogP contribution is 2.41. The van der Waals surface area contributed by atoms with E-state index in [0.717, 1.165) is 0 Å². The minimum atomic E-state index is -0.983. The van der Waals surface area contributed by atoms with Crippen LogP contribution in [0, 0.1) is 6.92 Å². The van der Waals surface area contributed by atoms with Crippen molar-refractivity contribution < 1.29 is 20.1 Å². The Bertz CT molecular complexity index is 414. The lowest BCUT2D eigenvalue weighted by molar-refractivity contribution is -0.138. The standard InChI is InChI=1S/C10H11BrO4/c1-4-3-6(12)9(13)8(11)7(4)5(2)10(14)15/h3,5,12-13H,1-2H3,(H,14,15). The highest BCUT2D eigenvalue weighted by molar-refractivity contribution is 9.10. The van der Waals surface area contributed by atoms with Crippen molar-refractivity contribution in [2.45, 2.75) is 19.8 Å². The van der Waals surface area contributed by atoms with Crippen molar-refractivity contribution in [3.8, 4) is 11.5 Å². The molecule has 1 aromatic rings. The van der Waals surface area contributed by atoms with Crippen molar-refractivity contribution in [3.63, 3.8) is 0 Å². The van der Waals surface area contributed by atoms with Crippen molar-refractivity contribution in [1.29, 1.82) is 0 Å². The van der Waals surface area contributed by atoms with Gasteiger partial charge in [-0.05, 0) is 47.0 Å². The molecule has 0 saturated heterocycles. The van der Waals surface area contributed by atoms with Crippen molar-refractivity contribution in [3.05, 3.63) is 21.7 Å². The molecule has 0 heterocycles. The molecule has 5 heteroatoms. The van der Waals surface area contributed by atoms with Crippen LogP contribution in [0.5, 0.6) is 11.5 Å². The van der Waals surface area contributed by atoms with Gasteiger partial charge in [-0.2, -0.15) is 0 Å². The fourth-order valence-corrected chi connectivity index (χ4v) is 2.28. The molecule has 0 amide bonds. The van der Waals surface area contributed by atoms with Gasteiger partial charge in [0.25, 0.3) is 0 Å². The number of benzene rings is 1. The van der Waals surface area contributed by atoms with Gasteiger partial charge in [0.05, 0.1) is 10.4 Å². The van der Waals surface area contributed by atoms with Gasteiger partial charge in [-0.15, -0.1) is 0 Å². The monoisotopic (exact) mass is 274 g/mol. The van der Waals surface area contributed by atoms with Crippen LogP contribution < -0.4 is 0 Å². The summed E-state index contributed by atoms with van der Waals surface area (Å²) >= 11 is 3.08. The maximum Gasteiger partial charge on any atom is 0.310 e. The lowest BCUT2D eigenvalue weighted by atomic mass is 9.96. The summed E-state index contributed by atoms with van der Waals surface area (Å²) < 4.78 is 0.231. The number of aryl methyl sites for hydroxylation is 1. The molecule has 3 N–H and O–H groups in total. The van der Waals surface area contributed by atoms with Gasteiger partial charge >= 0.3 is 5.97 Å². The van der Waals surface area contributed by atoms with Crippen LogP contribution in [0.2, 0.25) is 0 Å². The summed E-state index contributed by atoms with van der Waals surface area (Å²) in [5, 5.41) is 27.6. The lowest BCUT2D eigenvalue weighted by Crippen LogP contribution is -2.09. The SMILES string of the molecule is Cc1cc(O)c(O)c(Br)c1C(C)C(=O)O. The Balaban J connectivity index is 3.42. The Kier molecular flexibility index (Phi) is 3.24. The number of phenolic OH excluding ortho intramolecular Hbond substituents is 2. The third kappa shape index (κ3) is 2.07. The van der Waals surface area contributed by atoms with Crippen LogP contribution in [-0.4, -0.2) is 21.3 Å². The second kappa shape index (κ2) is 4.10. The summed E-state index contributed by atoms with van der Waals surface area (Å²) in [4.78, 5) is 10.8. The molecule has 82 valence electrons. The minimum absolute atomic E-state index is 0.231. The second-order valence-corrected chi connectivity index (χ2v) is 4.14. The quantitative estimate of drug-likeness (QED) is 0.724. The molecule has 1 atom stereocenters. The topological polar surface area (TPSA) is 77.8 Å². The number of hydrogen-bond acceptors (Lipinski definition) is 3. The predicted molar refractivity (Wildman–Crippen MR) is 58.3 cm³/mol. The Morgan fingerprint density at radius 3 is 2.47 bits per heavy atom. The molecule has 0 aromatic heterocycles. The van der Waals surface area contributed by atoms with E-state index >= 15 is 0 Å². The molecule has 15 heavy (non-hydrogen) atoms. The first-order valence-electron chi connectivity index (χ1n) is 4.30. The summed E-state index contributed by atoms with van der Waals surface area (Å²) in [6, 6.07) is 1.34. The highest BCUT2D eigenvalue weighted by Gasteiger charge is 2.22. The van der Waals surface area contributed by atoms with Crippen LogP contribution in [0.3, 0.4) is 0 Å². The average molecular weight is 275 g/mol. The summed E-state index contributed by atoms with van der Waals surface area (Å²) in [6.07, 6.45) is 0. The van der Waals surface area contributed by atoms with E-state index in [1.54, 1.807) is 6.92 Å². The van der Waals surface area contributed by atoms with Gasteiger partial charge in [-0.1, -0.05) is 0 Å². The molecule has 0 spiro atoms. The highest BCUT2D eigenvalue weighted by atomic mass is 79.9. The van der Waals surface area contributed by atoms with E-state index in [-0.39, 0.29) is 16.0 Å². The average Bonchev–Trinajstić information content (AvgIpc) is 2.14. The van der Waals surface area contributed by atoms with Gasteiger partial charge in [0.1, 0.15) is 0 Å². The van der Waals surface area contributed by atoms with Gasteiger partial charge in [-0.25, -0.2) is 0 Å². The largest absolute Gasteiger partial charge is 0.504 e. The fourth-order valence-electron chi connectivity index (χ4n) is 1.42. The van der Waals surface area contributed by atoms with E-state index in [2.05, 4.69) is 15.9 Å². The molecule has 0 aliphatic heterocycles. The number of hydrogen-bond donors (Lipinski definition) is 3. The molecule has 1 rings (SSSR count). The van der Waals surface area contributed by atoms with Crippen molar-refractivity contribution in [1.82, 2.24) is 0 Å². The van der Waals surface area contributed by atoms with E-state index in [1.165, 1.54) is 13.0 Å². The van der Waals surface area contributed by atoms with Crippen molar-refractivity contribution in [2.75, 3.05) is 0 Å². The Morgan fingerprint density at radius 2 is 2.00 bits per heavy atom. The van der Waals surface area contributed by atoms with Gasteiger partial charge in [0.2, 0.25) is 0 Å². The van der Waals surface area contributed by atoms with Crippen LogP contribution in [0.15, 0.2) is 10.5 Å². The first kappa shape index (κ1) is 11.8. The molecule has 0 saturated carbocycles. The van der Waals surface area contributed by atoms with Crippen molar-refractivity contribution in [2.24, 2.45) is 0 Å². The smallest absolute Gasteiger partial charge is 0.310 e. The fraction of sp³-hybridized carbons (Fsp3) is 0.300. The zero-order valence-corrected chi connectivity index (χ0v) is 9.87. The number of carboxylic acids is 1. The number of aliphatic carboxylic acids is 1. The predicted octanol–water partition coefficient (Wildman–Crippen LogP) is 2.36. The number of carboxylic acid groups (broad SMARTS) is 1. The number of carbonyl (C=O) groups is 1. The van der Waals surface area contributed by atoms with Crippen LogP contribution in [0.4, 0.5) is 0 Å². The van der Waals surface area contributed by atoms with Gasteiger partial charge in [0, 0.05) is 0 Å². The zero-order valence-electron chi connectivity index (χ0n) is 8.28. The molecule has 0 aliphatic carbocycles. The first-order chi connectivity index (χ1) is 6.86. The third-order valence-electron chi connectivity index (χ3n) is 2.27. The molecule has 0 bridgehead atoms. The van der Waals surface area contributed by atoms with E-state index in [4.69, 9.17) is 5.11 Å². The normalized spacial score (nSPS) is 12.5. The summed E-state index contributed by atoms with van der Waals surface area (Å²) in [7, 11) is 0. The number of phenols is 2. The first-order valence-corrected chi connectivity index (χ1v) is 5.09. The molecule has 1 aromatic carbocycles. The maximum absolute atomic E-state index is 10.8. The van der Waals surface area contributed by atoms with E-state index in [1.807, 2.05) is 0 Å². The minimum Gasteiger partial charge on any atom is -0.504 e. The summed E-state index contributed by atoms with van der Waals surface area (Å²) in [6.45, 7) is 3.20. The van der Waals surface area contributed by atoms with Crippen LogP contribution in [0.25, 0.3) is 0 Å². The Morgan fingerprint density at radius 1 is 1.47 bits per heavy atom. The second-order valence-electron chi connectivity index (χ2n) is 3.35. The molecule has 0 aliphatic rings. The van der Waals surface area contributed by atoms with Crippen LogP contribution in [-0.2, 0) is 4.79 Å². The van der Waals surface area contributed by atoms with E-state index in [0.29, 0.717) is 11.1 Å². The van der Waals surface area contributed by atoms with Crippen LogP contribution >= 0.6 is 15.9 Å². The van der Waals surface area contributed by atoms with Gasteiger partial charge in [-0.3, -0.25) is 4.79 Å². The maximum atomic E-state index is 10.8. The number of rotatable bonds is 2. The molecule has 0 radical (unpaired) electrons.